The van der Waals surface area contributed by atoms with Crippen LogP contribution in [0.2, 0.25) is 0 Å². The number of methoxy groups -OCH3 is 3. The van der Waals surface area contributed by atoms with Gasteiger partial charge < -0.3 is 29.2 Å². The lowest BCUT2D eigenvalue weighted by atomic mass is 9.89. The summed E-state index contributed by atoms with van der Waals surface area (Å²) < 4.78 is 22.6. The van der Waals surface area contributed by atoms with Crippen molar-refractivity contribution >= 4 is 0 Å². The van der Waals surface area contributed by atoms with Crippen molar-refractivity contribution in [1.82, 2.24) is 10.2 Å². The maximum Gasteiger partial charge on any atom is 0.161 e. The molecule has 1 aliphatic rings. The summed E-state index contributed by atoms with van der Waals surface area (Å²) in [5, 5.41) is 3.63. The molecule has 1 atom stereocenters. The average molecular weight is 401 g/mol. The molecule has 0 aliphatic carbocycles. The first-order valence-corrected chi connectivity index (χ1v) is 10.0. The van der Waals surface area contributed by atoms with Gasteiger partial charge in [0.2, 0.25) is 0 Å². The zero-order chi connectivity index (χ0) is 20.8. The fourth-order valence-electron chi connectivity index (χ4n) is 3.73. The monoisotopic (exact) mass is 400 g/mol. The molecule has 0 amide bonds. The van der Waals surface area contributed by atoms with E-state index in [9.17, 15) is 0 Å². The van der Waals surface area contributed by atoms with Gasteiger partial charge >= 0.3 is 0 Å². The molecular weight excluding hydrogens is 368 g/mol. The summed E-state index contributed by atoms with van der Waals surface area (Å²) in [5.74, 6) is 3.04. The summed E-state index contributed by atoms with van der Waals surface area (Å²) in [4.78, 5) is 2.16. The lowest BCUT2D eigenvalue weighted by molar-refractivity contribution is 0.267. The van der Waals surface area contributed by atoms with Gasteiger partial charge in [0.05, 0.1) is 34.0 Å². The molecule has 0 saturated carbocycles. The minimum Gasteiger partial charge on any atom is -0.493 e. The van der Waals surface area contributed by atoms with Crippen LogP contribution in [-0.4, -0.2) is 60.0 Å². The lowest BCUT2D eigenvalue weighted by Gasteiger charge is -2.29. The first-order chi connectivity index (χ1) is 14.1. The third-order valence-electron chi connectivity index (χ3n) is 5.23. The van der Waals surface area contributed by atoms with Gasteiger partial charge in [-0.1, -0.05) is 6.07 Å². The summed E-state index contributed by atoms with van der Waals surface area (Å²) in [6, 6.07) is 10.4. The summed E-state index contributed by atoms with van der Waals surface area (Å²) in [5.41, 5.74) is 3.63. The average Bonchev–Trinajstić information content (AvgIpc) is 2.75. The van der Waals surface area contributed by atoms with Crippen molar-refractivity contribution < 1.29 is 18.9 Å². The van der Waals surface area contributed by atoms with Gasteiger partial charge in [0.15, 0.2) is 23.0 Å². The molecule has 0 radical (unpaired) electrons. The molecule has 2 aromatic carbocycles. The van der Waals surface area contributed by atoms with Gasteiger partial charge in [-0.2, -0.15) is 0 Å². The van der Waals surface area contributed by atoms with Crippen LogP contribution in [0.15, 0.2) is 30.3 Å². The first-order valence-electron chi connectivity index (χ1n) is 10.0. The smallest absolute Gasteiger partial charge is 0.161 e. The molecule has 0 spiro atoms. The number of rotatable bonds is 9. The number of hydrogen-bond acceptors (Lipinski definition) is 6. The van der Waals surface area contributed by atoms with Crippen molar-refractivity contribution in [2.75, 3.05) is 55.1 Å². The second-order valence-electron chi connectivity index (χ2n) is 7.46. The van der Waals surface area contributed by atoms with Crippen LogP contribution in [0.4, 0.5) is 0 Å². The Bertz CT molecular complexity index is 823. The highest BCUT2D eigenvalue weighted by molar-refractivity contribution is 5.53. The van der Waals surface area contributed by atoms with Gasteiger partial charge in [0.25, 0.3) is 0 Å². The molecule has 0 fully saturated rings. The van der Waals surface area contributed by atoms with E-state index >= 15 is 0 Å². The quantitative estimate of drug-likeness (QED) is 0.652. The summed E-state index contributed by atoms with van der Waals surface area (Å²) >= 11 is 0. The van der Waals surface area contributed by atoms with E-state index in [0.29, 0.717) is 6.61 Å². The molecule has 0 bridgehead atoms. The van der Waals surface area contributed by atoms with E-state index in [2.05, 4.69) is 42.5 Å². The molecule has 1 N–H and O–H groups in total. The van der Waals surface area contributed by atoms with Crippen molar-refractivity contribution in [2.45, 2.75) is 18.9 Å². The normalized spacial score (nSPS) is 15.7. The third kappa shape index (κ3) is 4.95. The van der Waals surface area contributed by atoms with Crippen LogP contribution in [0.1, 0.15) is 29.2 Å². The molecule has 1 unspecified atom stereocenters. The molecule has 29 heavy (non-hydrogen) atoms. The van der Waals surface area contributed by atoms with E-state index in [1.807, 2.05) is 12.1 Å². The van der Waals surface area contributed by atoms with E-state index in [4.69, 9.17) is 18.9 Å². The minimum atomic E-state index is 0.0635. The summed E-state index contributed by atoms with van der Waals surface area (Å²) in [6.45, 7) is 2.54. The van der Waals surface area contributed by atoms with E-state index in [0.717, 1.165) is 54.5 Å². The van der Waals surface area contributed by atoms with Crippen LogP contribution >= 0.6 is 0 Å². The number of nitrogens with zero attached hydrogens (tertiary/aromatic N) is 1. The fourth-order valence-corrected chi connectivity index (χ4v) is 3.73. The van der Waals surface area contributed by atoms with E-state index in [1.165, 1.54) is 11.1 Å². The fraction of sp³-hybridized carbons (Fsp3) is 0.478. The Balaban J connectivity index is 1.90. The van der Waals surface area contributed by atoms with Gasteiger partial charge in [0.1, 0.15) is 0 Å². The van der Waals surface area contributed by atoms with Crippen LogP contribution < -0.4 is 24.3 Å². The first kappa shape index (κ1) is 21.3. The molecule has 6 heteroatoms. The maximum atomic E-state index is 6.09. The molecule has 6 nitrogen and oxygen atoms in total. The summed E-state index contributed by atoms with van der Waals surface area (Å²) in [6.07, 6.45) is 1.92. The van der Waals surface area contributed by atoms with Crippen LogP contribution in [-0.2, 0) is 6.42 Å². The standard InChI is InChI=1S/C23H32N2O4/c1-25(2)11-6-12-29-22-15-18-16(13-21(22)28-5)9-10-24-23(18)17-7-8-19(26-3)20(14-17)27-4/h7-8,13-15,23-24H,6,9-12H2,1-5H3. The topological polar surface area (TPSA) is 52.2 Å². The van der Waals surface area contributed by atoms with Gasteiger partial charge in [-0.25, -0.2) is 0 Å². The van der Waals surface area contributed by atoms with Gasteiger partial charge in [-0.3, -0.25) is 0 Å². The Morgan fingerprint density at radius 1 is 0.931 bits per heavy atom. The maximum absolute atomic E-state index is 6.09. The summed E-state index contributed by atoms with van der Waals surface area (Å²) in [7, 11) is 9.14. The molecule has 0 aromatic heterocycles. The Morgan fingerprint density at radius 3 is 2.34 bits per heavy atom. The van der Waals surface area contributed by atoms with E-state index in [-0.39, 0.29) is 6.04 Å². The van der Waals surface area contributed by atoms with Crippen molar-refractivity contribution in [3.8, 4) is 23.0 Å². The molecule has 2 aromatic rings. The predicted molar refractivity (Wildman–Crippen MR) is 115 cm³/mol. The number of hydrogen-bond donors (Lipinski definition) is 1. The van der Waals surface area contributed by atoms with E-state index in [1.54, 1.807) is 21.3 Å². The highest BCUT2D eigenvalue weighted by atomic mass is 16.5. The molecule has 0 saturated heterocycles. The second-order valence-corrected chi connectivity index (χ2v) is 7.46. The van der Waals surface area contributed by atoms with Crippen molar-refractivity contribution in [1.29, 1.82) is 0 Å². The van der Waals surface area contributed by atoms with Gasteiger partial charge in [-0.15, -0.1) is 0 Å². The van der Waals surface area contributed by atoms with Crippen molar-refractivity contribution in [3.63, 3.8) is 0 Å². The molecule has 1 aliphatic heterocycles. The minimum absolute atomic E-state index is 0.0635. The number of nitrogens with one attached hydrogen (secondary N) is 1. The van der Waals surface area contributed by atoms with Crippen molar-refractivity contribution in [2.24, 2.45) is 0 Å². The van der Waals surface area contributed by atoms with Crippen molar-refractivity contribution in [3.05, 3.63) is 47.0 Å². The molecule has 3 rings (SSSR count). The Hall–Kier alpha value is -2.44. The van der Waals surface area contributed by atoms with Gasteiger partial charge in [-0.05, 0) is 67.9 Å². The highest BCUT2D eigenvalue weighted by Gasteiger charge is 2.25. The third-order valence-corrected chi connectivity index (χ3v) is 5.23. The molecule has 1 heterocycles. The van der Waals surface area contributed by atoms with E-state index < -0.39 is 0 Å². The number of benzene rings is 2. The van der Waals surface area contributed by atoms with Crippen LogP contribution in [0.25, 0.3) is 0 Å². The SMILES string of the molecule is COc1ccc(C2NCCc3cc(OC)c(OCCCN(C)C)cc32)cc1OC. The highest BCUT2D eigenvalue weighted by Crippen LogP contribution is 2.39. The Kier molecular flexibility index (Phi) is 7.23. The number of fused-ring (bicyclic) bond motifs is 1. The number of ether oxygens (including phenoxy) is 4. The zero-order valence-electron chi connectivity index (χ0n) is 18.1. The second kappa shape index (κ2) is 9.85. The van der Waals surface area contributed by atoms with Crippen LogP contribution in [0.5, 0.6) is 23.0 Å². The molecular formula is C23H32N2O4. The Labute approximate surface area is 173 Å². The zero-order valence-corrected chi connectivity index (χ0v) is 18.1. The Morgan fingerprint density at radius 2 is 1.66 bits per heavy atom. The lowest BCUT2D eigenvalue weighted by Crippen LogP contribution is -2.30. The molecule has 158 valence electrons. The van der Waals surface area contributed by atoms with Gasteiger partial charge in [0, 0.05) is 13.1 Å². The largest absolute Gasteiger partial charge is 0.493 e. The van der Waals surface area contributed by atoms with Crippen LogP contribution in [0.3, 0.4) is 0 Å². The van der Waals surface area contributed by atoms with Crippen LogP contribution in [0, 0.1) is 0 Å². The predicted octanol–water partition coefficient (Wildman–Crippen LogP) is 3.28.